The molecule has 1 saturated heterocycles. The highest BCUT2D eigenvalue weighted by atomic mass is 32.1. The van der Waals surface area contributed by atoms with Gasteiger partial charge in [-0.25, -0.2) is 0 Å². The second-order valence-corrected chi connectivity index (χ2v) is 10.0. The van der Waals surface area contributed by atoms with E-state index < -0.39 is 0 Å². The van der Waals surface area contributed by atoms with Crippen molar-refractivity contribution in [3.05, 3.63) is 69.5 Å². The van der Waals surface area contributed by atoms with Crippen molar-refractivity contribution < 1.29 is 14.2 Å². The van der Waals surface area contributed by atoms with Crippen LogP contribution in [0.4, 0.5) is 0 Å². The summed E-state index contributed by atoms with van der Waals surface area (Å²) >= 11 is 5.83. The van der Waals surface area contributed by atoms with Crippen molar-refractivity contribution in [2.45, 2.75) is 26.3 Å². The Bertz CT molecular complexity index is 1290. The Balaban J connectivity index is 1.42. The third-order valence-electron chi connectivity index (χ3n) is 6.87. The van der Waals surface area contributed by atoms with Crippen LogP contribution in [-0.4, -0.2) is 80.1 Å². The van der Waals surface area contributed by atoms with Crippen molar-refractivity contribution in [1.82, 2.24) is 20.1 Å². The maximum atomic E-state index is 12.9. The number of nitrogens with one attached hydrogen (secondary N) is 2. The third-order valence-corrected chi connectivity index (χ3v) is 7.27. The molecule has 0 bridgehead atoms. The fraction of sp³-hybridized carbons (Fsp3) is 0.448. The molecule has 204 valence electrons. The Morgan fingerprint density at radius 3 is 2.66 bits per heavy atom. The molecule has 9 heteroatoms. The highest BCUT2D eigenvalue weighted by molar-refractivity contribution is 7.80. The van der Waals surface area contributed by atoms with Crippen LogP contribution < -0.4 is 20.3 Å². The summed E-state index contributed by atoms with van der Waals surface area (Å²) in [5.41, 5.74) is 3.72. The van der Waals surface area contributed by atoms with Crippen LogP contribution >= 0.6 is 12.2 Å². The zero-order chi connectivity index (χ0) is 26.9. The molecule has 0 amide bonds. The van der Waals surface area contributed by atoms with Crippen LogP contribution in [-0.2, 0) is 17.7 Å². The molecular formula is C29H38N4O4S. The number of ether oxygens (including phenoxy) is 3. The van der Waals surface area contributed by atoms with Crippen LogP contribution in [0, 0.1) is 6.92 Å². The average molecular weight is 539 g/mol. The lowest BCUT2D eigenvalue weighted by Gasteiger charge is -2.29. The summed E-state index contributed by atoms with van der Waals surface area (Å²) in [6, 6.07) is 14.0. The molecule has 0 saturated carbocycles. The number of fused-ring (bicyclic) bond motifs is 1. The number of rotatable bonds is 11. The molecule has 4 rings (SSSR count). The second kappa shape index (κ2) is 13.6. The van der Waals surface area contributed by atoms with Crippen molar-refractivity contribution in [1.29, 1.82) is 0 Å². The molecule has 3 aromatic rings. The zero-order valence-corrected chi connectivity index (χ0v) is 23.4. The summed E-state index contributed by atoms with van der Waals surface area (Å²) in [5.74, 6) is 1.42. The van der Waals surface area contributed by atoms with Crippen LogP contribution in [0.5, 0.6) is 11.5 Å². The number of hydrogen-bond acceptors (Lipinski definition) is 6. The maximum absolute atomic E-state index is 12.9. The van der Waals surface area contributed by atoms with Gasteiger partial charge in [0.25, 0.3) is 5.56 Å². The molecule has 0 spiro atoms. The molecular weight excluding hydrogens is 500 g/mol. The Kier molecular flexibility index (Phi) is 9.98. The molecule has 2 N–H and O–H groups in total. The summed E-state index contributed by atoms with van der Waals surface area (Å²) in [6.07, 6.45) is 1.72. The lowest BCUT2D eigenvalue weighted by molar-refractivity contribution is 0.0367. The molecule has 0 radical (unpaired) electrons. The third kappa shape index (κ3) is 7.46. The summed E-state index contributed by atoms with van der Waals surface area (Å²) in [7, 11) is 3.27. The first-order valence-electron chi connectivity index (χ1n) is 13.1. The van der Waals surface area contributed by atoms with Crippen molar-refractivity contribution >= 4 is 28.2 Å². The molecule has 1 aromatic heterocycles. The van der Waals surface area contributed by atoms with Crippen LogP contribution in [0.2, 0.25) is 0 Å². The SMILES string of the molecule is COc1ccc(CCNC(=S)N(CCCN2CCOCC2)Cc2cc3ccc(C)cc3[nH]c2=O)cc1OC. The van der Waals surface area contributed by atoms with E-state index in [1.807, 2.05) is 43.3 Å². The Morgan fingerprint density at radius 2 is 1.89 bits per heavy atom. The number of nitrogens with zero attached hydrogens (tertiary/aromatic N) is 2. The van der Waals surface area contributed by atoms with E-state index in [0.717, 1.165) is 74.3 Å². The monoisotopic (exact) mass is 538 g/mol. The minimum Gasteiger partial charge on any atom is -0.493 e. The average Bonchev–Trinajstić information content (AvgIpc) is 2.93. The number of aryl methyl sites for hydroxylation is 1. The summed E-state index contributed by atoms with van der Waals surface area (Å²) in [5, 5.41) is 5.08. The van der Waals surface area contributed by atoms with Crippen LogP contribution in [0.3, 0.4) is 0 Å². The Morgan fingerprint density at radius 1 is 1.11 bits per heavy atom. The smallest absolute Gasteiger partial charge is 0.253 e. The topological polar surface area (TPSA) is 79.1 Å². The number of pyridine rings is 1. The van der Waals surface area contributed by atoms with Gasteiger partial charge in [0.1, 0.15) is 0 Å². The number of methoxy groups -OCH3 is 2. The van der Waals surface area contributed by atoms with E-state index in [-0.39, 0.29) is 5.56 Å². The second-order valence-electron chi connectivity index (χ2n) is 9.61. The minimum atomic E-state index is -0.0746. The summed E-state index contributed by atoms with van der Waals surface area (Å²) in [4.78, 5) is 20.5. The molecule has 38 heavy (non-hydrogen) atoms. The molecule has 2 heterocycles. The summed E-state index contributed by atoms with van der Waals surface area (Å²) in [6.45, 7) is 8.35. The van der Waals surface area contributed by atoms with Crippen molar-refractivity contribution in [2.75, 3.05) is 60.2 Å². The van der Waals surface area contributed by atoms with Crippen molar-refractivity contribution in [3.63, 3.8) is 0 Å². The molecule has 2 aromatic carbocycles. The molecule has 0 atom stereocenters. The number of thiocarbonyl (C=S) groups is 1. The quantitative estimate of drug-likeness (QED) is 0.359. The summed E-state index contributed by atoms with van der Waals surface area (Å²) < 4.78 is 16.2. The van der Waals surface area contributed by atoms with Crippen LogP contribution in [0.1, 0.15) is 23.1 Å². The lowest BCUT2D eigenvalue weighted by Crippen LogP contribution is -2.43. The molecule has 0 aliphatic carbocycles. The van der Waals surface area contributed by atoms with E-state index in [1.54, 1.807) is 14.2 Å². The van der Waals surface area contributed by atoms with E-state index >= 15 is 0 Å². The standard InChI is InChI=1S/C29H38N4O4S/c1-21-5-7-23-19-24(28(34)31-25(23)17-21)20-33(12-4-11-32-13-15-37-16-14-32)29(38)30-10-9-22-6-8-26(35-2)27(18-22)36-3/h5-8,17-19H,4,9-16,20H2,1-3H3,(H,30,38)(H,31,34). The highest BCUT2D eigenvalue weighted by Gasteiger charge is 2.16. The predicted octanol–water partition coefficient (Wildman–Crippen LogP) is 3.50. The highest BCUT2D eigenvalue weighted by Crippen LogP contribution is 2.27. The van der Waals surface area contributed by atoms with Crippen molar-refractivity contribution in [3.8, 4) is 11.5 Å². The fourth-order valence-corrected chi connectivity index (χ4v) is 4.97. The minimum absolute atomic E-state index is 0.0746. The van der Waals surface area contributed by atoms with Gasteiger partial charge in [0, 0.05) is 43.8 Å². The zero-order valence-electron chi connectivity index (χ0n) is 22.5. The van der Waals surface area contributed by atoms with Gasteiger partial charge in [0.2, 0.25) is 0 Å². The van der Waals surface area contributed by atoms with Gasteiger partial charge < -0.3 is 29.4 Å². The first-order valence-corrected chi connectivity index (χ1v) is 13.5. The van der Waals surface area contributed by atoms with Crippen LogP contribution in [0.25, 0.3) is 10.9 Å². The van der Waals surface area contributed by atoms with E-state index in [0.29, 0.717) is 35.3 Å². The largest absolute Gasteiger partial charge is 0.493 e. The number of morpholine rings is 1. The molecule has 1 aliphatic heterocycles. The van der Waals surface area contributed by atoms with E-state index in [1.165, 1.54) is 0 Å². The van der Waals surface area contributed by atoms with Gasteiger partial charge in [0.05, 0.1) is 34.0 Å². The number of benzene rings is 2. The number of aromatic amines is 1. The van der Waals surface area contributed by atoms with Gasteiger partial charge in [-0.2, -0.15) is 0 Å². The number of hydrogen-bond donors (Lipinski definition) is 2. The van der Waals surface area contributed by atoms with Gasteiger partial charge in [-0.15, -0.1) is 0 Å². The van der Waals surface area contributed by atoms with E-state index in [2.05, 4.69) is 26.2 Å². The maximum Gasteiger partial charge on any atom is 0.253 e. The first-order chi connectivity index (χ1) is 18.5. The number of H-pyrrole nitrogens is 1. The normalized spacial score (nSPS) is 13.9. The molecule has 1 aliphatic rings. The van der Waals surface area contributed by atoms with Gasteiger partial charge >= 0.3 is 0 Å². The number of aromatic nitrogens is 1. The van der Waals surface area contributed by atoms with Gasteiger partial charge in [-0.05, 0) is 72.8 Å². The van der Waals surface area contributed by atoms with Crippen LogP contribution in [0.15, 0.2) is 47.3 Å². The van der Waals surface area contributed by atoms with Gasteiger partial charge in [-0.1, -0.05) is 18.2 Å². The molecule has 1 fully saturated rings. The van der Waals surface area contributed by atoms with Crippen molar-refractivity contribution in [2.24, 2.45) is 0 Å². The van der Waals surface area contributed by atoms with E-state index in [9.17, 15) is 4.79 Å². The first kappa shape index (κ1) is 27.9. The Labute approximate surface area is 229 Å². The molecule has 0 unspecified atom stereocenters. The molecule has 8 nitrogen and oxygen atoms in total. The lowest BCUT2D eigenvalue weighted by atomic mass is 10.1. The Hall–Kier alpha value is -3.14. The predicted molar refractivity (Wildman–Crippen MR) is 155 cm³/mol. The van der Waals surface area contributed by atoms with Gasteiger partial charge in [-0.3, -0.25) is 9.69 Å². The van der Waals surface area contributed by atoms with Gasteiger partial charge in [0.15, 0.2) is 16.6 Å². The fourth-order valence-electron chi connectivity index (χ4n) is 4.71. The van der Waals surface area contributed by atoms with E-state index in [4.69, 9.17) is 26.4 Å².